The Balaban J connectivity index is 1.10. The number of amides is 2. The van der Waals surface area contributed by atoms with E-state index < -0.39 is 42.2 Å². The van der Waals surface area contributed by atoms with Crippen LogP contribution in [0.4, 0.5) is 0 Å². The molecule has 7 rings (SSSR count). The van der Waals surface area contributed by atoms with Crippen LogP contribution in [0.5, 0.6) is 5.75 Å². The first-order valence-corrected chi connectivity index (χ1v) is 13.4. The molecule has 1 saturated heterocycles. The van der Waals surface area contributed by atoms with Gasteiger partial charge in [0.05, 0.1) is 18.1 Å². The molecule has 2 amide bonds. The van der Waals surface area contributed by atoms with E-state index in [1.807, 2.05) is 13.8 Å². The van der Waals surface area contributed by atoms with Crippen LogP contribution in [-0.4, -0.2) is 47.1 Å². The van der Waals surface area contributed by atoms with Crippen molar-refractivity contribution in [3.63, 3.8) is 0 Å². The van der Waals surface area contributed by atoms with Gasteiger partial charge in [0.2, 0.25) is 17.6 Å². The minimum Gasteiger partial charge on any atom is -0.457 e. The van der Waals surface area contributed by atoms with E-state index in [1.165, 1.54) is 36.6 Å². The molecular formula is C30H29NO8. The van der Waals surface area contributed by atoms with Crippen LogP contribution in [0, 0.1) is 41.4 Å². The summed E-state index contributed by atoms with van der Waals surface area (Å²) < 4.78 is 15.6. The number of hydrogen-bond donors (Lipinski definition) is 0. The summed E-state index contributed by atoms with van der Waals surface area (Å²) in [5.41, 5.74) is 0.252. The van der Waals surface area contributed by atoms with Crippen molar-refractivity contribution in [3.8, 4) is 5.75 Å². The highest BCUT2D eigenvalue weighted by Gasteiger charge is 2.68. The third-order valence-electron chi connectivity index (χ3n) is 8.43. The van der Waals surface area contributed by atoms with Gasteiger partial charge in [0.25, 0.3) is 0 Å². The number of carbonyl (C=O) groups excluding carboxylic acids is 5. The summed E-state index contributed by atoms with van der Waals surface area (Å²) in [5, 5.41) is 0. The Kier molecular flexibility index (Phi) is 6.24. The number of nitrogens with zero attached hydrogens (tertiary/aromatic N) is 1. The van der Waals surface area contributed by atoms with Gasteiger partial charge in [0.15, 0.2) is 12.4 Å². The Hall–Kier alpha value is -4.01. The highest BCUT2D eigenvalue weighted by atomic mass is 16.5. The molecule has 1 aromatic carbocycles. The van der Waals surface area contributed by atoms with E-state index in [2.05, 4.69) is 12.2 Å². The molecule has 1 aromatic heterocycles. The van der Waals surface area contributed by atoms with Crippen molar-refractivity contribution in [2.45, 2.75) is 32.7 Å². The molecule has 2 saturated carbocycles. The highest BCUT2D eigenvalue weighted by Crippen LogP contribution is 2.65. The molecule has 9 heteroatoms. The second kappa shape index (κ2) is 9.63. The molecule has 1 aliphatic heterocycles. The molecule has 39 heavy (non-hydrogen) atoms. The number of Topliss-reactive ketones (excluding diaryl/α,β-unsaturated/α-hetero) is 1. The Morgan fingerprint density at radius 1 is 0.974 bits per heavy atom. The lowest BCUT2D eigenvalue weighted by Crippen LogP contribution is -2.47. The number of furan rings is 1. The maximum Gasteiger partial charge on any atom is 0.379 e. The standard InChI is InChI=1S/C30H29NO8/c1-15(2)12-22(31-27(33)25-18-9-10-19(21-13-20(18)21)26(25)28(31)34)29(35)38-14-23(32)16-5-7-17(8-6-16)39-30(36)24-4-3-11-37-24/h3-11,15,18-22,25-26H,12-14H2,1-2H3. The SMILES string of the molecule is CC(C)CC(C(=O)OCC(=O)c1ccc(OC(=O)c2ccco2)cc1)N1C(=O)C2C3C=CC(C4CC34)C2C1=O. The maximum absolute atomic E-state index is 13.5. The smallest absolute Gasteiger partial charge is 0.379 e. The van der Waals surface area contributed by atoms with E-state index >= 15 is 0 Å². The van der Waals surface area contributed by atoms with E-state index in [0.29, 0.717) is 11.8 Å². The molecule has 7 atom stereocenters. The molecule has 2 aromatic rings. The minimum absolute atomic E-state index is 0.0150. The van der Waals surface area contributed by atoms with Crippen LogP contribution in [0.15, 0.2) is 59.2 Å². The minimum atomic E-state index is -1.07. The molecular weight excluding hydrogens is 502 g/mol. The summed E-state index contributed by atoms with van der Waals surface area (Å²) in [6.07, 6.45) is 6.86. The lowest BCUT2D eigenvalue weighted by Gasteiger charge is -2.37. The van der Waals surface area contributed by atoms with Crippen LogP contribution in [0.3, 0.4) is 0 Å². The molecule has 0 spiro atoms. The van der Waals surface area contributed by atoms with Crippen molar-refractivity contribution in [2.75, 3.05) is 6.61 Å². The zero-order chi connectivity index (χ0) is 27.4. The van der Waals surface area contributed by atoms with Gasteiger partial charge in [-0.05, 0) is 78.8 Å². The Morgan fingerprint density at radius 2 is 1.62 bits per heavy atom. The molecule has 9 nitrogen and oxygen atoms in total. The number of carbonyl (C=O) groups is 5. The third kappa shape index (κ3) is 4.39. The summed E-state index contributed by atoms with van der Waals surface area (Å²) in [4.78, 5) is 66.2. The molecule has 2 heterocycles. The van der Waals surface area contributed by atoms with Crippen molar-refractivity contribution >= 4 is 29.5 Å². The second-order valence-corrected chi connectivity index (χ2v) is 11.3. The number of esters is 2. The zero-order valence-electron chi connectivity index (χ0n) is 21.6. The first kappa shape index (κ1) is 25.3. The monoisotopic (exact) mass is 531 g/mol. The fourth-order valence-corrected chi connectivity index (χ4v) is 6.62. The van der Waals surface area contributed by atoms with E-state index in [-0.39, 0.29) is 53.1 Å². The van der Waals surface area contributed by atoms with Crippen LogP contribution in [-0.2, 0) is 19.1 Å². The Labute approximate surface area is 225 Å². The van der Waals surface area contributed by atoms with Gasteiger partial charge >= 0.3 is 11.9 Å². The first-order chi connectivity index (χ1) is 18.7. The number of hydrogen-bond acceptors (Lipinski definition) is 8. The Bertz CT molecular complexity index is 1320. The number of ketones is 1. The number of imide groups is 1. The molecule has 3 fully saturated rings. The van der Waals surface area contributed by atoms with Gasteiger partial charge in [0.1, 0.15) is 11.8 Å². The second-order valence-electron chi connectivity index (χ2n) is 11.3. The lowest BCUT2D eigenvalue weighted by molar-refractivity contribution is -0.159. The van der Waals surface area contributed by atoms with Gasteiger partial charge in [0, 0.05) is 5.56 Å². The highest BCUT2D eigenvalue weighted by molar-refractivity contribution is 6.09. The third-order valence-corrected chi connectivity index (χ3v) is 8.43. The summed E-state index contributed by atoms with van der Waals surface area (Å²) in [7, 11) is 0. The number of ether oxygens (including phenoxy) is 2. The molecule has 4 aliphatic carbocycles. The van der Waals surface area contributed by atoms with E-state index in [0.717, 1.165) is 11.3 Å². The lowest BCUT2D eigenvalue weighted by atomic mass is 9.63. The largest absolute Gasteiger partial charge is 0.457 e. The fourth-order valence-electron chi connectivity index (χ4n) is 6.62. The fraction of sp³-hybridized carbons (Fsp3) is 0.433. The number of benzene rings is 1. The summed E-state index contributed by atoms with van der Waals surface area (Å²) in [6.45, 7) is 3.27. The van der Waals surface area contributed by atoms with Crippen molar-refractivity contribution in [1.29, 1.82) is 0 Å². The van der Waals surface area contributed by atoms with Gasteiger partial charge in [-0.25, -0.2) is 9.59 Å². The summed E-state index contributed by atoms with van der Waals surface area (Å²) >= 11 is 0. The van der Waals surface area contributed by atoms with Crippen LogP contribution in [0.25, 0.3) is 0 Å². The molecule has 7 unspecified atom stereocenters. The molecule has 2 bridgehead atoms. The van der Waals surface area contributed by atoms with Gasteiger partial charge in [-0.15, -0.1) is 0 Å². The summed E-state index contributed by atoms with van der Waals surface area (Å²) in [5.74, 6) is -1.95. The van der Waals surface area contributed by atoms with Crippen molar-refractivity contribution < 1.29 is 37.9 Å². The van der Waals surface area contributed by atoms with Crippen LogP contribution < -0.4 is 4.74 Å². The van der Waals surface area contributed by atoms with E-state index in [4.69, 9.17) is 13.9 Å². The molecule has 0 radical (unpaired) electrons. The van der Waals surface area contributed by atoms with Crippen LogP contribution in [0.2, 0.25) is 0 Å². The topological polar surface area (TPSA) is 120 Å². The average Bonchev–Trinajstić information content (AvgIpc) is 3.49. The zero-order valence-corrected chi connectivity index (χ0v) is 21.6. The van der Waals surface area contributed by atoms with Crippen molar-refractivity contribution in [1.82, 2.24) is 4.90 Å². The van der Waals surface area contributed by atoms with Crippen molar-refractivity contribution in [3.05, 3.63) is 66.1 Å². The normalized spacial score (nSPS) is 28.7. The molecule has 5 aliphatic rings. The van der Waals surface area contributed by atoms with Gasteiger partial charge in [-0.3, -0.25) is 19.3 Å². The first-order valence-electron chi connectivity index (χ1n) is 13.4. The van der Waals surface area contributed by atoms with Gasteiger partial charge < -0.3 is 13.9 Å². The van der Waals surface area contributed by atoms with Crippen LogP contribution >= 0.6 is 0 Å². The van der Waals surface area contributed by atoms with Crippen LogP contribution in [0.1, 0.15) is 47.6 Å². The quantitative estimate of drug-likeness (QED) is 0.158. The maximum atomic E-state index is 13.5. The average molecular weight is 532 g/mol. The van der Waals surface area contributed by atoms with Crippen molar-refractivity contribution in [2.24, 2.45) is 41.4 Å². The van der Waals surface area contributed by atoms with E-state index in [9.17, 15) is 24.0 Å². The Morgan fingerprint density at radius 3 is 2.18 bits per heavy atom. The number of likely N-dealkylation sites (tertiary alicyclic amines) is 1. The van der Waals surface area contributed by atoms with Gasteiger partial charge in [-0.2, -0.15) is 0 Å². The molecule has 202 valence electrons. The van der Waals surface area contributed by atoms with Gasteiger partial charge in [-0.1, -0.05) is 26.0 Å². The predicted molar refractivity (Wildman–Crippen MR) is 135 cm³/mol. The predicted octanol–water partition coefficient (Wildman–Crippen LogP) is 3.69. The van der Waals surface area contributed by atoms with E-state index in [1.54, 1.807) is 6.07 Å². The summed E-state index contributed by atoms with van der Waals surface area (Å²) in [6, 6.07) is 7.79. The molecule has 0 N–H and O–H groups in total. The number of allylic oxidation sites excluding steroid dienone is 2. The number of rotatable bonds is 9.